The van der Waals surface area contributed by atoms with Crippen molar-refractivity contribution in [3.63, 3.8) is 0 Å². The summed E-state index contributed by atoms with van der Waals surface area (Å²) in [6, 6.07) is 5.96. The van der Waals surface area contributed by atoms with E-state index < -0.39 is 10.9 Å². The highest BCUT2D eigenvalue weighted by molar-refractivity contribution is 5.87. The number of aromatic nitrogens is 1. The summed E-state index contributed by atoms with van der Waals surface area (Å²) in [7, 11) is 0. The second-order valence-electron chi connectivity index (χ2n) is 4.60. The fourth-order valence-corrected chi connectivity index (χ4v) is 1.81. The molecule has 7 heteroatoms. The number of hydrogen-bond acceptors (Lipinski definition) is 6. The molecular formula is C15H14N2O5. The van der Waals surface area contributed by atoms with Crippen molar-refractivity contribution in [1.82, 2.24) is 5.16 Å². The number of carbonyl (C=O) groups excluding carboxylic acids is 1. The van der Waals surface area contributed by atoms with Gasteiger partial charge in [0, 0.05) is 18.2 Å². The SMILES string of the molecule is Cc1noc(C)c1COC(=O)/C=C/c1cccc([N+](=O)[O-])c1. The minimum Gasteiger partial charge on any atom is -0.457 e. The zero-order valence-electron chi connectivity index (χ0n) is 12.1. The van der Waals surface area contributed by atoms with Crippen molar-refractivity contribution in [2.45, 2.75) is 20.5 Å². The van der Waals surface area contributed by atoms with Gasteiger partial charge in [0.15, 0.2) is 0 Å². The first-order chi connectivity index (χ1) is 10.5. The number of nitro benzene ring substituents is 1. The van der Waals surface area contributed by atoms with E-state index in [0.29, 0.717) is 17.0 Å². The average molecular weight is 302 g/mol. The predicted molar refractivity (Wildman–Crippen MR) is 77.9 cm³/mol. The van der Waals surface area contributed by atoms with E-state index in [2.05, 4.69) is 5.16 Å². The van der Waals surface area contributed by atoms with Gasteiger partial charge in [0.2, 0.25) is 0 Å². The summed E-state index contributed by atoms with van der Waals surface area (Å²) in [5, 5.41) is 14.4. The summed E-state index contributed by atoms with van der Waals surface area (Å²) in [5.74, 6) is 0.0551. The Balaban J connectivity index is 1.97. The first-order valence-corrected chi connectivity index (χ1v) is 6.48. The Kier molecular flexibility index (Phi) is 4.67. The van der Waals surface area contributed by atoms with Gasteiger partial charge in [-0.05, 0) is 25.5 Å². The first kappa shape index (κ1) is 15.4. The van der Waals surface area contributed by atoms with E-state index in [9.17, 15) is 14.9 Å². The second kappa shape index (κ2) is 6.66. The molecule has 0 N–H and O–H groups in total. The van der Waals surface area contributed by atoms with Crippen LogP contribution in [0.5, 0.6) is 0 Å². The fourth-order valence-electron chi connectivity index (χ4n) is 1.81. The van der Waals surface area contributed by atoms with E-state index in [4.69, 9.17) is 9.26 Å². The van der Waals surface area contributed by atoms with Gasteiger partial charge in [-0.15, -0.1) is 0 Å². The summed E-state index contributed by atoms with van der Waals surface area (Å²) < 4.78 is 10.1. The molecule has 0 aliphatic carbocycles. The monoisotopic (exact) mass is 302 g/mol. The third kappa shape index (κ3) is 3.78. The number of non-ortho nitro benzene ring substituents is 1. The topological polar surface area (TPSA) is 95.5 Å². The minimum atomic E-state index is -0.550. The Morgan fingerprint density at radius 3 is 2.86 bits per heavy atom. The Bertz CT molecular complexity index is 714. The maximum Gasteiger partial charge on any atom is 0.331 e. The number of nitrogens with zero attached hydrogens (tertiary/aromatic N) is 2. The molecule has 0 unspecified atom stereocenters. The van der Waals surface area contributed by atoms with Gasteiger partial charge in [-0.25, -0.2) is 4.79 Å². The molecule has 0 fully saturated rings. The molecule has 1 heterocycles. The lowest BCUT2D eigenvalue weighted by atomic mass is 10.2. The van der Waals surface area contributed by atoms with E-state index >= 15 is 0 Å². The second-order valence-corrected chi connectivity index (χ2v) is 4.60. The maximum atomic E-state index is 11.7. The Labute approximate surface area is 126 Å². The van der Waals surface area contributed by atoms with Crippen molar-refractivity contribution in [1.29, 1.82) is 0 Å². The molecule has 114 valence electrons. The van der Waals surface area contributed by atoms with Crippen molar-refractivity contribution in [2.24, 2.45) is 0 Å². The lowest BCUT2D eigenvalue weighted by molar-refractivity contribution is -0.384. The summed E-state index contributed by atoms with van der Waals surface area (Å²) in [6.07, 6.45) is 2.68. The van der Waals surface area contributed by atoms with Crippen LogP contribution in [0.3, 0.4) is 0 Å². The minimum absolute atomic E-state index is 0.0359. The maximum absolute atomic E-state index is 11.7. The number of carbonyl (C=O) groups is 1. The molecule has 2 aromatic rings. The number of esters is 1. The van der Waals surface area contributed by atoms with Crippen LogP contribution in [0, 0.1) is 24.0 Å². The van der Waals surface area contributed by atoms with Crippen LogP contribution in [0.1, 0.15) is 22.6 Å². The summed E-state index contributed by atoms with van der Waals surface area (Å²) in [5.41, 5.74) is 1.92. The third-order valence-electron chi connectivity index (χ3n) is 3.03. The van der Waals surface area contributed by atoms with Gasteiger partial charge in [-0.2, -0.15) is 0 Å². The molecule has 0 atom stereocenters. The molecule has 0 spiro atoms. The molecule has 7 nitrogen and oxygen atoms in total. The van der Waals surface area contributed by atoms with Crippen LogP contribution in [0.4, 0.5) is 5.69 Å². The van der Waals surface area contributed by atoms with Gasteiger partial charge < -0.3 is 9.26 Å². The van der Waals surface area contributed by atoms with Crippen LogP contribution in [0.2, 0.25) is 0 Å². The Hall–Kier alpha value is -2.96. The van der Waals surface area contributed by atoms with Crippen molar-refractivity contribution in [2.75, 3.05) is 0 Å². The van der Waals surface area contributed by atoms with E-state index in [1.165, 1.54) is 24.3 Å². The smallest absolute Gasteiger partial charge is 0.331 e. The van der Waals surface area contributed by atoms with E-state index in [1.807, 2.05) is 0 Å². The van der Waals surface area contributed by atoms with Crippen LogP contribution >= 0.6 is 0 Å². The van der Waals surface area contributed by atoms with Crippen molar-refractivity contribution in [3.05, 3.63) is 63.0 Å². The fraction of sp³-hybridized carbons (Fsp3) is 0.200. The molecule has 0 radical (unpaired) electrons. The van der Waals surface area contributed by atoms with Crippen LogP contribution in [-0.2, 0) is 16.1 Å². The third-order valence-corrected chi connectivity index (χ3v) is 3.03. The molecule has 0 amide bonds. The quantitative estimate of drug-likeness (QED) is 0.364. The van der Waals surface area contributed by atoms with Crippen LogP contribution < -0.4 is 0 Å². The Morgan fingerprint density at radius 2 is 2.23 bits per heavy atom. The molecule has 0 saturated heterocycles. The van der Waals surface area contributed by atoms with Gasteiger partial charge in [0.1, 0.15) is 12.4 Å². The number of rotatable bonds is 5. The molecule has 1 aromatic heterocycles. The summed E-state index contributed by atoms with van der Waals surface area (Å²) in [6.45, 7) is 3.57. The highest BCUT2D eigenvalue weighted by atomic mass is 16.6. The zero-order chi connectivity index (χ0) is 16.1. The van der Waals surface area contributed by atoms with Crippen molar-refractivity contribution in [3.8, 4) is 0 Å². The molecule has 1 aromatic carbocycles. The molecule has 22 heavy (non-hydrogen) atoms. The first-order valence-electron chi connectivity index (χ1n) is 6.48. The highest BCUT2D eigenvalue weighted by Gasteiger charge is 2.10. The number of nitro groups is 1. The highest BCUT2D eigenvalue weighted by Crippen LogP contribution is 2.15. The van der Waals surface area contributed by atoms with Gasteiger partial charge in [-0.1, -0.05) is 17.3 Å². The van der Waals surface area contributed by atoms with Crippen LogP contribution in [0.25, 0.3) is 6.08 Å². The van der Waals surface area contributed by atoms with Gasteiger partial charge in [-0.3, -0.25) is 10.1 Å². The molecule has 0 aliphatic heterocycles. The van der Waals surface area contributed by atoms with Gasteiger partial charge in [0.25, 0.3) is 5.69 Å². The van der Waals surface area contributed by atoms with Crippen LogP contribution in [-0.4, -0.2) is 16.0 Å². The molecule has 2 rings (SSSR count). The standard InChI is InChI=1S/C15H14N2O5/c1-10-14(11(2)22-16-10)9-21-15(18)7-6-12-4-3-5-13(8-12)17(19)20/h3-8H,9H2,1-2H3/b7-6+. The molecule has 0 saturated carbocycles. The number of aryl methyl sites for hydroxylation is 2. The Morgan fingerprint density at radius 1 is 1.45 bits per heavy atom. The lowest BCUT2D eigenvalue weighted by Crippen LogP contribution is -2.02. The predicted octanol–water partition coefficient (Wildman–Crippen LogP) is 2.96. The molecule has 0 aliphatic rings. The lowest BCUT2D eigenvalue weighted by Gasteiger charge is -2.01. The molecular weight excluding hydrogens is 288 g/mol. The van der Waals surface area contributed by atoms with E-state index in [1.54, 1.807) is 26.0 Å². The van der Waals surface area contributed by atoms with Gasteiger partial charge >= 0.3 is 5.97 Å². The van der Waals surface area contributed by atoms with Crippen LogP contribution in [0.15, 0.2) is 34.9 Å². The number of benzene rings is 1. The van der Waals surface area contributed by atoms with E-state index in [0.717, 1.165) is 5.56 Å². The zero-order valence-corrected chi connectivity index (χ0v) is 12.1. The average Bonchev–Trinajstić information content (AvgIpc) is 2.82. The van der Waals surface area contributed by atoms with E-state index in [-0.39, 0.29) is 12.3 Å². The summed E-state index contributed by atoms with van der Waals surface area (Å²) in [4.78, 5) is 21.8. The van der Waals surface area contributed by atoms with Gasteiger partial charge in [0.05, 0.1) is 16.2 Å². The summed E-state index contributed by atoms with van der Waals surface area (Å²) >= 11 is 0. The molecule has 0 bridgehead atoms. The number of ether oxygens (including phenoxy) is 1. The number of hydrogen-bond donors (Lipinski definition) is 0. The normalized spacial score (nSPS) is 10.8. The largest absolute Gasteiger partial charge is 0.457 e. The van der Waals surface area contributed by atoms with Crippen molar-refractivity contribution >= 4 is 17.7 Å². The van der Waals surface area contributed by atoms with Crippen molar-refractivity contribution < 1.29 is 19.0 Å².